The zero-order valence-corrected chi connectivity index (χ0v) is 10.5. The highest BCUT2D eigenvalue weighted by Gasteiger charge is 2.21. The van der Waals surface area contributed by atoms with Crippen LogP contribution in [-0.2, 0) is 4.74 Å². The highest BCUT2D eigenvalue weighted by atomic mass is 35.5. The van der Waals surface area contributed by atoms with Crippen LogP contribution in [-0.4, -0.2) is 31.0 Å². The van der Waals surface area contributed by atoms with Crippen LogP contribution >= 0.6 is 11.6 Å². The molecule has 3 nitrogen and oxygen atoms in total. The molecule has 1 fully saturated rings. The van der Waals surface area contributed by atoms with E-state index in [-0.39, 0.29) is 0 Å². The molecule has 0 heterocycles. The molecule has 0 amide bonds. The Hall–Kier alpha value is -0.770. The van der Waals surface area contributed by atoms with Gasteiger partial charge in [-0.15, -0.1) is 0 Å². The van der Waals surface area contributed by atoms with Gasteiger partial charge in [0.25, 0.3) is 0 Å². The van der Waals surface area contributed by atoms with Crippen molar-refractivity contribution < 1.29 is 9.84 Å². The van der Waals surface area contributed by atoms with E-state index in [1.807, 2.05) is 24.3 Å². The second-order valence-corrected chi connectivity index (χ2v) is 4.90. The number of para-hydroxylation sites is 1. The average molecular weight is 256 g/mol. The first-order valence-electron chi connectivity index (χ1n) is 6.00. The highest BCUT2D eigenvalue weighted by molar-refractivity contribution is 6.33. The van der Waals surface area contributed by atoms with Gasteiger partial charge in [-0.05, 0) is 30.9 Å². The van der Waals surface area contributed by atoms with Crippen LogP contribution in [0.3, 0.4) is 0 Å². The van der Waals surface area contributed by atoms with Gasteiger partial charge in [-0.25, -0.2) is 0 Å². The molecule has 0 aromatic heterocycles. The van der Waals surface area contributed by atoms with Crippen molar-refractivity contribution in [3.8, 4) is 0 Å². The number of aliphatic hydroxyl groups excluding tert-OH is 1. The van der Waals surface area contributed by atoms with Gasteiger partial charge in [-0.1, -0.05) is 23.7 Å². The summed E-state index contributed by atoms with van der Waals surface area (Å²) >= 11 is 5.99. The molecule has 0 radical (unpaired) electrons. The van der Waals surface area contributed by atoms with Crippen LogP contribution in [0.4, 0.5) is 5.69 Å². The number of anilines is 1. The first-order valence-corrected chi connectivity index (χ1v) is 6.37. The normalized spacial score (nSPS) is 16.8. The van der Waals surface area contributed by atoms with Gasteiger partial charge in [0.05, 0.1) is 23.4 Å². The maximum Gasteiger partial charge on any atom is 0.0945 e. The minimum Gasteiger partial charge on any atom is -0.389 e. The molecule has 2 N–H and O–H groups in total. The summed E-state index contributed by atoms with van der Waals surface area (Å²) in [5, 5.41) is 13.5. The number of rotatable bonds is 7. The average Bonchev–Trinajstić information content (AvgIpc) is 3.12. The number of nitrogens with one attached hydrogen (secondary N) is 1. The molecule has 0 saturated heterocycles. The van der Waals surface area contributed by atoms with Crippen molar-refractivity contribution in [1.29, 1.82) is 0 Å². The van der Waals surface area contributed by atoms with Crippen molar-refractivity contribution in [3.05, 3.63) is 29.3 Å². The molecular weight excluding hydrogens is 238 g/mol. The van der Waals surface area contributed by atoms with E-state index in [1.165, 1.54) is 12.8 Å². The second kappa shape index (κ2) is 6.24. The fourth-order valence-electron chi connectivity index (χ4n) is 1.55. The lowest BCUT2D eigenvalue weighted by Gasteiger charge is -2.13. The van der Waals surface area contributed by atoms with E-state index in [0.29, 0.717) is 18.2 Å². The number of hydrogen-bond acceptors (Lipinski definition) is 3. The van der Waals surface area contributed by atoms with Crippen molar-refractivity contribution in [3.63, 3.8) is 0 Å². The summed E-state index contributed by atoms with van der Waals surface area (Å²) in [6, 6.07) is 7.49. The largest absolute Gasteiger partial charge is 0.389 e. The third kappa shape index (κ3) is 4.54. The fourth-order valence-corrected chi connectivity index (χ4v) is 1.75. The first kappa shape index (κ1) is 12.7. The predicted octanol–water partition coefficient (Wildman–Crippen LogP) is 2.54. The summed E-state index contributed by atoms with van der Waals surface area (Å²) in [5.41, 5.74) is 0.843. The van der Waals surface area contributed by atoms with Crippen LogP contribution in [0, 0.1) is 5.92 Å². The van der Waals surface area contributed by atoms with E-state index in [2.05, 4.69) is 5.32 Å². The van der Waals surface area contributed by atoms with E-state index >= 15 is 0 Å². The molecule has 17 heavy (non-hydrogen) atoms. The predicted molar refractivity (Wildman–Crippen MR) is 69.5 cm³/mol. The van der Waals surface area contributed by atoms with E-state index in [4.69, 9.17) is 16.3 Å². The Morgan fingerprint density at radius 3 is 2.88 bits per heavy atom. The molecule has 0 bridgehead atoms. The Labute approximate surface area is 107 Å². The number of halogens is 1. The molecule has 2 rings (SSSR count). The zero-order chi connectivity index (χ0) is 12.1. The smallest absolute Gasteiger partial charge is 0.0945 e. The molecule has 1 aliphatic rings. The maximum absolute atomic E-state index is 9.70. The van der Waals surface area contributed by atoms with Crippen molar-refractivity contribution in [1.82, 2.24) is 0 Å². The molecule has 1 aromatic carbocycles. The summed E-state index contributed by atoms with van der Waals surface area (Å²) in [7, 11) is 0. The van der Waals surface area contributed by atoms with E-state index in [9.17, 15) is 5.11 Å². The Morgan fingerprint density at radius 2 is 2.18 bits per heavy atom. The number of hydrogen-bond donors (Lipinski definition) is 2. The van der Waals surface area contributed by atoms with Crippen molar-refractivity contribution >= 4 is 17.3 Å². The molecule has 1 aromatic rings. The van der Waals surface area contributed by atoms with Crippen molar-refractivity contribution in [2.75, 3.05) is 25.1 Å². The quantitative estimate of drug-likeness (QED) is 0.787. The topological polar surface area (TPSA) is 41.5 Å². The van der Waals surface area contributed by atoms with Gasteiger partial charge in [-0.2, -0.15) is 0 Å². The summed E-state index contributed by atoms with van der Waals surface area (Å²) in [6.07, 6.45) is 2.05. The molecule has 0 aliphatic heterocycles. The molecule has 1 saturated carbocycles. The van der Waals surface area contributed by atoms with E-state index in [1.54, 1.807) is 0 Å². The van der Waals surface area contributed by atoms with Gasteiger partial charge < -0.3 is 15.2 Å². The molecular formula is C13H18ClNO2. The van der Waals surface area contributed by atoms with Gasteiger partial charge in [0.2, 0.25) is 0 Å². The minimum absolute atomic E-state index is 0.383. The first-order chi connectivity index (χ1) is 8.25. The fraction of sp³-hybridized carbons (Fsp3) is 0.538. The zero-order valence-electron chi connectivity index (χ0n) is 9.73. The Morgan fingerprint density at radius 1 is 1.41 bits per heavy atom. The SMILES string of the molecule is OC(CNc1ccccc1Cl)COCC1CC1. The third-order valence-corrected chi connectivity index (χ3v) is 3.09. The van der Waals surface area contributed by atoms with Gasteiger partial charge in [0.1, 0.15) is 0 Å². The Balaban J connectivity index is 1.64. The third-order valence-electron chi connectivity index (χ3n) is 2.76. The highest BCUT2D eigenvalue weighted by Crippen LogP contribution is 2.28. The van der Waals surface area contributed by atoms with E-state index < -0.39 is 6.10 Å². The minimum atomic E-state index is -0.495. The van der Waals surface area contributed by atoms with Gasteiger partial charge in [0, 0.05) is 13.2 Å². The van der Waals surface area contributed by atoms with Crippen LogP contribution < -0.4 is 5.32 Å². The standard InChI is InChI=1S/C13H18ClNO2/c14-12-3-1-2-4-13(12)15-7-11(16)9-17-8-10-5-6-10/h1-4,10-11,15-16H,5-9H2. The molecule has 4 heteroatoms. The lowest BCUT2D eigenvalue weighted by atomic mass is 10.3. The van der Waals surface area contributed by atoms with Crippen LogP contribution in [0.5, 0.6) is 0 Å². The number of benzene rings is 1. The maximum atomic E-state index is 9.70. The van der Waals surface area contributed by atoms with Crippen LogP contribution in [0.15, 0.2) is 24.3 Å². The number of ether oxygens (including phenoxy) is 1. The van der Waals surface area contributed by atoms with Crippen LogP contribution in [0.1, 0.15) is 12.8 Å². The summed E-state index contributed by atoms with van der Waals surface area (Å²) in [5.74, 6) is 0.735. The summed E-state index contributed by atoms with van der Waals surface area (Å²) < 4.78 is 5.42. The summed E-state index contributed by atoms with van der Waals surface area (Å²) in [4.78, 5) is 0. The van der Waals surface area contributed by atoms with Gasteiger partial charge >= 0.3 is 0 Å². The van der Waals surface area contributed by atoms with Crippen molar-refractivity contribution in [2.45, 2.75) is 18.9 Å². The van der Waals surface area contributed by atoms with E-state index in [0.717, 1.165) is 18.2 Å². The van der Waals surface area contributed by atoms with Crippen LogP contribution in [0.2, 0.25) is 5.02 Å². The Bertz CT molecular complexity index is 355. The Kier molecular flexibility index (Phi) is 4.66. The lowest BCUT2D eigenvalue weighted by molar-refractivity contribution is 0.0386. The second-order valence-electron chi connectivity index (χ2n) is 4.50. The lowest BCUT2D eigenvalue weighted by Crippen LogP contribution is -2.25. The van der Waals surface area contributed by atoms with Crippen LogP contribution in [0.25, 0.3) is 0 Å². The molecule has 94 valence electrons. The molecule has 1 unspecified atom stereocenters. The monoisotopic (exact) mass is 255 g/mol. The van der Waals surface area contributed by atoms with Gasteiger partial charge in [-0.3, -0.25) is 0 Å². The number of aliphatic hydroxyl groups is 1. The van der Waals surface area contributed by atoms with Crippen molar-refractivity contribution in [2.24, 2.45) is 5.92 Å². The molecule has 0 spiro atoms. The molecule has 1 aliphatic carbocycles. The van der Waals surface area contributed by atoms with Gasteiger partial charge in [0.15, 0.2) is 0 Å². The summed E-state index contributed by atoms with van der Waals surface area (Å²) in [6.45, 7) is 1.62. The molecule has 1 atom stereocenters.